The summed E-state index contributed by atoms with van der Waals surface area (Å²) in [5, 5.41) is 0. The minimum atomic E-state index is -0.622. The summed E-state index contributed by atoms with van der Waals surface area (Å²) in [7, 11) is 0. The molecule has 1 aromatic heterocycles. The average Bonchev–Trinajstić information content (AvgIpc) is 2.97. The van der Waals surface area contributed by atoms with Crippen LogP contribution < -0.4 is 0 Å². The van der Waals surface area contributed by atoms with Crippen molar-refractivity contribution in [3.63, 3.8) is 0 Å². The fourth-order valence-corrected chi connectivity index (χ4v) is 5.38. The molecule has 2 fully saturated rings. The molecule has 3 aliphatic rings. The van der Waals surface area contributed by atoms with Crippen LogP contribution in [0.2, 0.25) is 0 Å². The average molecular weight is 411 g/mol. The second kappa shape index (κ2) is 9.29. The van der Waals surface area contributed by atoms with E-state index >= 15 is 0 Å². The number of carbonyl (C=O) groups is 2. The third kappa shape index (κ3) is 4.15. The first-order valence-electron chi connectivity index (χ1n) is 11.5. The molecule has 6 heteroatoms. The highest BCUT2D eigenvalue weighted by atomic mass is 16.2. The van der Waals surface area contributed by atoms with Crippen molar-refractivity contribution in [2.24, 2.45) is 5.92 Å². The van der Waals surface area contributed by atoms with Gasteiger partial charge in [0.15, 0.2) is 0 Å². The van der Waals surface area contributed by atoms with Crippen LogP contribution in [0, 0.1) is 5.92 Å². The van der Waals surface area contributed by atoms with Gasteiger partial charge in [-0.05, 0) is 69.4 Å². The lowest BCUT2D eigenvalue weighted by Gasteiger charge is -2.42. The first-order chi connectivity index (χ1) is 14.6. The monoisotopic (exact) mass is 410 g/mol. The maximum Gasteiger partial charge on any atom is 0.327 e. The standard InChI is InChI=1S/C24H34N4O2/c1-2-28-23(30)27(15-7-11-20-10-6-14-25-18-20)22(29)24(28)12-16-26(17-13-24)19-21-8-4-3-5-9-21/h3-4,6,10,14,18,21H,2,5,7-9,11-13,15-17,19H2,1H3/t21-/m0/s1. The topological polar surface area (TPSA) is 56.8 Å². The number of urea groups is 1. The van der Waals surface area contributed by atoms with E-state index in [1.54, 1.807) is 6.20 Å². The van der Waals surface area contributed by atoms with E-state index in [0.717, 1.165) is 56.8 Å². The van der Waals surface area contributed by atoms with Crippen molar-refractivity contribution in [1.29, 1.82) is 0 Å². The molecular weight excluding hydrogens is 376 g/mol. The zero-order valence-corrected chi connectivity index (χ0v) is 18.1. The van der Waals surface area contributed by atoms with E-state index in [2.05, 4.69) is 22.0 Å². The van der Waals surface area contributed by atoms with Crippen molar-refractivity contribution >= 4 is 11.9 Å². The summed E-state index contributed by atoms with van der Waals surface area (Å²) in [5.41, 5.74) is 0.521. The van der Waals surface area contributed by atoms with Gasteiger partial charge in [0, 0.05) is 45.1 Å². The molecule has 30 heavy (non-hydrogen) atoms. The molecule has 2 aliphatic heterocycles. The Labute approximate surface area is 179 Å². The number of rotatable bonds is 7. The van der Waals surface area contributed by atoms with Crippen LogP contribution in [0.5, 0.6) is 0 Å². The molecule has 1 atom stereocenters. The number of hydrogen-bond donors (Lipinski definition) is 0. The largest absolute Gasteiger partial charge is 0.327 e. The molecule has 0 aromatic carbocycles. The summed E-state index contributed by atoms with van der Waals surface area (Å²) >= 11 is 0. The van der Waals surface area contributed by atoms with Crippen molar-refractivity contribution in [2.45, 2.75) is 57.4 Å². The zero-order valence-electron chi connectivity index (χ0n) is 18.1. The molecule has 1 aliphatic carbocycles. The van der Waals surface area contributed by atoms with Gasteiger partial charge < -0.3 is 9.80 Å². The lowest BCUT2D eigenvalue weighted by atomic mass is 9.84. The van der Waals surface area contributed by atoms with Crippen LogP contribution in [0.3, 0.4) is 0 Å². The van der Waals surface area contributed by atoms with E-state index in [1.807, 2.05) is 30.2 Å². The van der Waals surface area contributed by atoms with Gasteiger partial charge in [0.25, 0.3) is 5.91 Å². The summed E-state index contributed by atoms with van der Waals surface area (Å²) in [4.78, 5) is 36.5. The first-order valence-corrected chi connectivity index (χ1v) is 11.5. The van der Waals surface area contributed by atoms with Gasteiger partial charge in [-0.25, -0.2) is 4.79 Å². The Morgan fingerprint density at radius 1 is 1.20 bits per heavy atom. The molecule has 4 rings (SSSR count). The summed E-state index contributed by atoms with van der Waals surface area (Å²) in [6.07, 6.45) is 14.9. The van der Waals surface area contributed by atoms with Gasteiger partial charge in [0.1, 0.15) is 5.54 Å². The fourth-order valence-electron chi connectivity index (χ4n) is 5.38. The van der Waals surface area contributed by atoms with Crippen LogP contribution in [0.4, 0.5) is 4.79 Å². The predicted molar refractivity (Wildman–Crippen MR) is 117 cm³/mol. The highest BCUT2D eigenvalue weighted by Crippen LogP contribution is 2.37. The lowest BCUT2D eigenvalue weighted by Crippen LogP contribution is -2.57. The minimum Gasteiger partial charge on any atom is -0.310 e. The van der Waals surface area contributed by atoms with Crippen LogP contribution in [0.25, 0.3) is 0 Å². The van der Waals surface area contributed by atoms with Crippen molar-refractivity contribution in [3.8, 4) is 0 Å². The number of likely N-dealkylation sites (N-methyl/N-ethyl adjacent to an activating group) is 1. The molecule has 1 spiro atoms. The molecule has 0 unspecified atom stereocenters. The second-order valence-corrected chi connectivity index (χ2v) is 8.93. The number of allylic oxidation sites excluding steroid dienone is 2. The number of imide groups is 1. The Kier molecular flexibility index (Phi) is 6.52. The Morgan fingerprint density at radius 3 is 2.70 bits per heavy atom. The van der Waals surface area contributed by atoms with Gasteiger partial charge in [0.05, 0.1) is 0 Å². The lowest BCUT2D eigenvalue weighted by molar-refractivity contribution is -0.135. The highest BCUT2D eigenvalue weighted by Gasteiger charge is 2.57. The number of carbonyl (C=O) groups excluding carboxylic acids is 2. The second-order valence-electron chi connectivity index (χ2n) is 8.93. The van der Waals surface area contributed by atoms with E-state index in [4.69, 9.17) is 0 Å². The van der Waals surface area contributed by atoms with Crippen LogP contribution in [-0.2, 0) is 11.2 Å². The summed E-state index contributed by atoms with van der Waals surface area (Å²) in [5.74, 6) is 0.761. The number of pyridine rings is 1. The van der Waals surface area contributed by atoms with Crippen molar-refractivity contribution in [3.05, 3.63) is 42.2 Å². The van der Waals surface area contributed by atoms with Crippen LogP contribution in [0.15, 0.2) is 36.7 Å². The molecule has 0 saturated carbocycles. The molecule has 6 nitrogen and oxygen atoms in total. The number of piperidine rings is 1. The fraction of sp³-hybridized carbons (Fsp3) is 0.625. The predicted octanol–water partition coefficient (Wildman–Crippen LogP) is 3.49. The Balaban J connectivity index is 1.36. The van der Waals surface area contributed by atoms with Gasteiger partial charge in [-0.2, -0.15) is 0 Å². The highest BCUT2D eigenvalue weighted by molar-refractivity contribution is 6.07. The smallest absolute Gasteiger partial charge is 0.310 e. The summed E-state index contributed by atoms with van der Waals surface area (Å²) in [6.45, 7) is 5.99. The number of hydrogen-bond acceptors (Lipinski definition) is 4. The number of nitrogens with zero attached hydrogens (tertiary/aromatic N) is 4. The molecule has 162 valence electrons. The third-order valence-electron chi connectivity index (χ3n) is 7.09. The van der Waals surface area contributed by atoms with Crippen molar-refractivity contribution in [1.82, 2.24) is 19.7 Å². The van der Waals surface area contributed by atoms with E-state index in [-0.39, 0.29) is 11.9 Å². The van der Waals surface area contributed by atoms with Crippen molar-refractivity contribution < 1.29 is 9.59 Å². The molecule has 3 amide bonds. The maximum atomic E-state index is 13.4. The molecule has 2 saturated heterocycles. The van der Waals surface area contributed by atoms with E-state index in [9.17, 15) is 9.59 Å². The normalized spacial score (nSPS) is 24.2. The van der Waals surface area contributed by atoms with Gasteiger partial charge in [0.2, 0.25) is 0 Å². The molecule has 0 bridgehead atoms. The molecular formula is C24H34N4O2. The summed E-state index contributed by atoms with van der Waals surface area (Å²) < 4.78 is 0. The van der Waals surface area contributed by atoms with Crippen molar-refractivity contribution in [2.75, 3.05) is 32.7 Å². The van der Waals surface area contributed by atoms with Gasteiger partial charge in [-0.1, -0.05) is 18.2 Å². The number of aromatic nitrogens is 1. The van der Waals surface area contributed by atoms with Gasteiger partial charge >= 0.3 is 6.03 Å². The summed E-state index contributed by atoms with van der Waals surface area (Å²) in [6, 6.07) is 3.87. The Bertz CT molecular complexity index is 771. The van der Waals surface area contributed by atoms with Crippen LogP contribution >= 0.6 is 0 Å². The van der Waals surface area contributed by atoms with Gasteiger partial charge in [-0.15, -0.1) is 0 Å². The number of likely N-dealkylation sites (tertiary alicyclic amines) is 1. The van der Waals surface area contributed by atoms with E-state index in [0.29, 0.717) is 13.1 Å². The minimum absolute atomic E-state index is 0.0285. The quantitative estimate of drug-likeness (QED) is 0.510. The number of amides is 3. The Morgan fingerprint density at radius 2 is 2.03 bits per heavy atom. The van der Waals surface area contributed by atoms with Gasteiger partial charge in [-0.3, -0.25) is 14.7 Å². The van der Waals surface area contributed by atoms with E-state index < -0.39 is 5.54 Å². The van der Waals surface area contributed by atoms with Crippen LogP contribution in [0.1, 0.15) is 51.0 Å². The molecule has 0 N–H and O–H groups in total. The number of aryl methyl sites for hydroxylation is 1. The molecule has 0 radical (unpaired) electrons. The maximum absolute atomic E-state index is 13.4. The SMILES string of the molecule is CCN1C(=O)N(CCCc2cccnc2)C(=O)C12CCN(C[C@H]1CC=CCC1)CC2. The Hall–Kier alpha value is -2.21. The molecule has 1 aromatic rings. The zero-order chi connectivity index (χ0) is 21.0. The molecule has 3 heterocycles. The first kappa shape index (κ1) is 21.0. The third-order valence-corrected chi connectivity index (χ3v) is 7.09. The van der Waals surface area contributed by atoms with Crippen LogP contribution in [-0.4, -0.2) is 69.9 Å². The van der Waals surface area contributed by atoms with E-state index in [1.165, 1.54) is 24.2 Å².